The normalized spacial score (nSPS) is 18.8. The van der Waals surface area contributed by atoms with E-state index in [-0.39, 0.29) is 10.8 Å². The molecule has 0 amide bonds. The Labute approximate surface area is 318 Å². The molecule has 6 aromatic rings. The van der Waals surface area contributed by atoms with E-state index in [1.54, 1.807) is 0 Å². The molecular formula is C50H40N4. The summed E-state index contributed by atoms with van der Waals surface area (Å²) in [6, 6.07) is 56.4. The van der Waals surface area contributed by atoms with Gasteiger partial charge >= 0.3 is 0 Å². The second kappa shape index (κ2) is 12.2. The molecule has 9 rings (SSSR count). The Kier molecular flexibility index (Phi) is 7.53. The fourth-order valence-corrected chi connectivity index (χ4v) is 9.19. The summed E-state index contributed by atoms with van der Waals surface area (Å²) in [5.41, 5.74) is 13.2. The lowest BCUT2D eigenvalue weighted by Gasteiger charge is -2.49. The minimum absolute atomic E-state index is 0.118. The van der Waals surface area contributed by atoms with Crippen molar-refractivity contribution in [2.24, 2.45) is 0 Å². The zero-order valence-corrected chi connectivity index (χ0v) is 31.0. The Morgan fingerprint density at radius 1 is 0.519 bits per heavy atom. The van der Waals surface area contributed by atoms with E-state index in [9.17, 15) is 10.5 Å². The number of benzene rings is 6. The van der Waals surface area contributed by atoms with Gasteiger partial charge in [0.05, 0.1) is 29.1 Å². The zero-order chi connectivity index (χ0) is 37.2. The fourth-order valence-electron chi connectivity index (χ4n) is 9.19. The Morgan fingerprint density at radius 3 is 1.46 bits per heavy atom. The van der Waals surface area contributed by atoms with Gasteiger partial charge in [-0.25, -0.2) is 0 Å². The summed E-state index contributed by atoms with van der Waals surface area (Å²) in [6.07, 6.45) is 4.44. The smallest absolute Gasteiger partial charge is 0.171 e. The first-order valence-corrected chi connectivity index (χ1v) is 18.6. The van der Waals surface area contributed by atoms with Crippen molar-refractivity contribution in [1.82, 2.24) is 0 Å². The van der Waals surface area contributed by atoms with Gasteiger partial charge in [0, 0.05) is 34.3 Å². The van der Waals surface area contributed by atoms with Crippen molar-refractivity contribution in [2.45, 2.75) is 50.5 Å². The highest BCUT2D eigenvalue weighted by atomic mass is 15.2. The second-order valence-electron chi connectivity index (χ2n) is 15.6. The summed E-state index contributed by atoms with van der Waals surface area (Å²) in [6.45, 7) is 9.07. The largest absolute Gasteiger partial charge is 0.317 e. The molecule has 0 fully saturated rings. The lowest BCUT2D eigenvalue weighted by atomic mass is 9.70. The first-order chi connectivity index (χ1) is 26.2. The molecule has 0 N–H and O–H groups in total. The van der Waals surface area contributed by atoms with Crippen LogP contribution < -0.4 is 9.80 Å². The molecule has 1 aliphatic carbocycles. The molecule has 0 aromatic heterocycles. The molecule has 0 bridgehead atoms. The number of rotatable bonds is 4. The van der Waals surface area contributed by atoms with Crippen molar-refractivity contribution in [3.63, 3.8) is 0 Å². The molecule has 3 aliphatic rings. The van der Waals surface area contributed by atoms with Crippen LogP contribution in [0.15, 0.2) is 163 Å². The fraction of sp³-hybridized carbons (Fsp3) is 0.160. The zero-order valence-electron chi connectivity index (χ0n) is 31.0. The Morgan fingerprint density at radius 2 is 0.963 bits per heavy atom. The predicted octanol–water partition coefficient (Wildman–Crippen LogP) is 12.4. The van der Waals surface area contributed by atoms with Crippen LogP contribution in [-0.2, 0) is 10.8 Å². The third-order valence-corrected chi connectivity index (χ3v) is 12.0. The molecule has 0 radical (unpaired) electrons. The van der Waals surface area contributed by atoms with Crippen molar-refractivity contribution >= 4 is 34.0 Å². The minimum Gasteiger partial charge on any atom is -0.317 e. The van der Waals surface area contributed by atoms with Crippen LogP contribution in [0.2, 0.25) is 0 Å². The first kappa shape index (κ1) is 33.2. The molecule has 0 spiro atoms. The summed E-state index contributed by atoms with van der Waals surface area (Å²) in [5.74, 6) is 0. The highest BCUT2D eigenvalue weighted by Crippen LogP contribution is 2.55. The quantitative estimate of drug-likeness (QED) is 0.184. The van der Waals surface area contributed by atoms with Gasteiger partial charge in [-0.05, 0) is 87.0 Å². The summed E-state index contributed by atoms with van der Waals surface area (Å²) in [7, 11) is 0. The summed E-state index contributed by atoms with van der Waals surface area (Å²) in [4.78, 5) is 4.49. The van der Waals surface area contributed by atoms with Gasteiger partial charge < -0.3 is 9.80 Å². The van der Waals surface area contributed by atoms with Crippen LogP contribution in [0.1, 0.15) is 61.9 Å². The molecule has 2 heterocycles. The van der Waals surface area contributed by atoms with Crippen LogP contribution in [0.4, 0.5) is 28.4 Å². The maximum absolute atomic E-state index is 11.1. The van der Waals surface area contributed by atoms with Crippen LogP contribution in [0.25, 0.3) is 16.7 Å². The van der Waals surface area contributed by atoms with Crippen molar-refractivity contribution in [2.75, 3.05) is 9.80 Å². The predicted molar refractivity (Wildman–Crippen MR) is 220 cm³/mol. The molecule has 0 saturated carbocycles. The van der Waals surface area contributed by atoms with Gasteiger partial charge in [-0.3, -0.25) is 0 Å². The van der Waals surface area contributed by atoms with Crippen molar-refractivity contribution < 1.29 is 0 Å². The number of para-hydroxylation sites is 4. The molecule has 260 valence electrons. The van der Waals surface area contributed by atoms with E-state index in [2.05, 4.69) is 183 Å². The number of allylic oxidation sites excluding steroid dienone is 2. The van der Waals surface area contributed by atoms with Crippen LogP contribution in [0.3, 0.4) is 0 Å². The van der Waals surface area contributed by atoms with Crippen molar-refractivity contribution in [1.29, 1.82) is 10.5 Å². The molecule has 2 aliphatic heterocycles. The van der Waals surface area contributed by atoms with Crippen molar-refractivity contribution in [3.05, 3.63) is 191 Å². The number of hydrogen-bond donors (Lipinski definition) is 0. The average Bonchev–Trinajstić information content (AvgIpc) is 3.21. The van der Waals surface area contributed by atoms with E-state index in [1.807, 2.05) is 24.3 Å². The minimum atomic E-state index is -1.22. The van der Waals surface area contributed by atoms with E-state index in [0.29, 0.717) is 12.0 Å². The third-order valence-electron chi connectivity index (χ3n) is 12.0. The van der Waals surface area contributed by atoms with E-state index in [4.69, 9.17) is 0 Å². The lowest BCUT2D eigenvalue weighted by molar-refractivity contribution is 0.573. The van der Waals surface area contributed by atoms with Gasteiger partial charge in [-0.1, -0.05) is 143 Å². The summed E-state index contributed by atoms with van der Waals surface area (Å²) < 4.78 is 0. The summed E-state index contributed by atoms with van der Waals surface area (Å²) in [5, 5.41) is 22.0. The number of nitriles is 2. The van der Waals surface area contributed by atoms with Gasteiger partial charge in [0.1, 0.15) is 0 Å². The second-order valence-corrected chi connectivity index (χ2v) is 15.6. The number of fused-ring (bicyclic) bond motifs is 4. The highest BCUT2D eigenvalue weighted by Gasteiger charge is 2.49. The van der Waals surface area contributed by atoms with E-state index < -0.39 is 5.54 Å². The third kappa shape index (κ3) is 4.74. The Balaban J connectivity index is 1.11. The van der Waals surface area contributed by atoms with Crippen molar-refractivity contribution in [3.8, 4) is 23.3 Å². The summed E-state index contributed by atoms with van der Waals surface area (Å²) >= 11 is 0. The maximum Gasteiger partial charge on any atom is 0.171 e. The van der Waals surface area contributed by atoms with E-state index in [1.165, 1.54) is 22.5 Å². The molecule has 1 atom stereocenters. The van der Waals surface area contributed by atoms with Crippen LogP contribution in [0, 0.1) is 22.7 Å². The number of hydrogen-bond acceptors (Lipinski definition) is 4. The first-order valence-electron chi connectivity index (χ1n) is 18.6. The average molecular weight is 697 g/mol. The molecular weight excluding hydrogens is 657 g/mol. The van der Waals surface area contributed by atoms with Gasteiger partial charge in [0.2, 0.25) is 0 Å². The molecule has 0 saturated heterocycles. The van der Waals surface area contributed by atoms with Crippen LogP contribution >= 0.6 is 0 Å². The van der Waals surface area contributed by atoms with E-state index >= 15 is 0 Å². The SMILES string of the molecule is CC1(C)c2ccccc2N(c2ccc(-c3ccccc3C3=CCC(C#N)(N4c5ccccc5C(C)(C)c5ccccc54)C(C#N)=C3)cc2)c2ccccc21. The number of anilines is 5. The van der Waals surface area contributed by atoms with Gasteiger partial charge in [-0.15, -0.1) is 0 Å². The lowest BCUT2D eigenvalue weighted by Crippen LogP contribution is -2.50. The highest BCUT2D eigenvalue weighted by molar-refractivity contribution is 5.91. The van der Waals surface area contributed by atoms with Gasteiger partial charge in [-0.2, -0.15) is 10.5 Å². The Hall–Kier alpha value is -6.62. The van der Waals surface area contributed by atoms with E-state index in [0.717, 1.165) is 50.5 Å². The van der Waals surface area contributed by atoms with Gasteiger partial charge in [0.25, 0.3) is 0 Å². The molecule has 1 unspecified atom stereocenters. The molecule has 4 nitrogen and oxygen atoms in total. The van der Waals surface area contributed by atoms with Crippen LogP contribution in [-0.4, -0.2) is 5.54 Å². The standard InChI is InChI=1S/C50H40N4/c1-48(2)40-17-7-11-21-44(40)53(45-22-12-8-18-41(45)48)37-27-25-34(26-28-37)38-15-5-6-16-39(38)35-29-30-50(33-52,36(31-35)32-51)54-46-23-13-9-19-42(46)49(3,4)43-20-10-14-24-47(43)54/h5-29,31H,30H2,1-4H3. The molecule has 4 heteroatoms. The molecule has 6 aromatic carbocycles. The topological polar surface area (TPSA) is 54.1 Å². The monoisotopic (exact) mass is 696 g/mol. The maximum atomic E-state index is 11.1. The number of nitrogens with zero attached hydrogens (tertiary/aromatic N) is 4. The molecule has 54 heavy (non-hydrogen) atoms. The Bertz CT molecular complexity index is 2530. The van der Waals surface area contributed by atoms with Gasteiger partial charge in [0.15, 0.2) is 5.54 Å². The van der Waals surface area contributed by atoms with Crippen LogP contribution in [0.5, 0.6) is 0 Å².